The Labute approximate surface area is 131 Å². The molecule has 6 heteroatoms. The zero-order valence-electron chi connectivity index (χ0n) is 12.3. The van der Waals surface area contributed by atoms with E-state index in [2.05, 4.69) is 4.98 Å². The highest BCUT2D eigenvalue weighted by Crippen LogP contribution is 2.23. The van der Waals surface area contributed by atoms with Gasteiger partial charge in [-0.25, -0.2) is 13.9 Å². The first-order valence-electron chi connectivity index (χ1n) is 7.42. The summed E-state index contributed by atoms with van der Waals surface area (Å²) in [5, 5.41) is 0.00456. The molecule has 0 saturated carbocycles. The van der Waals surface area contributed by atoms with Crippen molar-refractivity contribution in [2.75, 3.05) is 18.0 Å². The Morgan fingerprint density at radius 2 is 1.83 bits per heavy atom. The lowest BCUT2D eigenvalue weighted by atomic mass is 10.1. The van der Waals surface area contributed by atoms with Crippen LogP contribution in [-0.2, 0) is 0 Å². The van der Waals surface area contributed by atoms with Crippen LogP contribution in [0.1, 0.15) is 0 Å². The Balaban J connectivity index is 2.04. The summed E-state index contributed by atoms with van der Waals surface area (Å²) in [6.45, 7) is 1.25. The Hall–Kier alpha value is -2.73. The molecule has 23 heavy (non-hydrogen) atoms. The molecule has 1 saturated heterocycles. The van der Waals surface area contributed by atoms with Gasteiger partial charge in [0.1, 0.15) is 11.2 Å². The van der Waals surface area contributed by atoms with Gasteiger partial charge in [-0.05, 0) is 24.3 Å². The fourth-order valence-electron chi connectivity index (χ4n) is 2.88. The van der Waals surface area contributed by atoms with Gasteiger partial charge in [-0.3, -0.25) is 4.79 Å². The number of hydrogen-bond donors (Lipinski definition) is 1. The lowest BCUT2D eigenvalue weighted by molar-refractivity contribution is 0.504. The molecule has 5 nitrogen and oxygen atoms in total. The number of nitrogens with two attached hydrogens (primary N) is 1. The van der Waals surface area contributed by atoms with Crippen molar-refractivity contribution in [2.45, 2.75) is 6.04 Å². The molecule has 2 heterocycles. The van der Waals surface area contributed by atoms with Gasteiger partial charge in [-0.15, -0.1) is 0 Å². The van der Waals surface area contributed by atoms with Crippen LogP contribution in [0.2, 0.25) is 0 Å². The third kappa shape index (κ3) is 2.19. The SMILES string of the molecule is NC1CN(c2nc3cccc(F)c3c(=O)n2-c2ccccc2)C1. The summed E-state index contributed by atoms with van der Waals surface area (Å²) in [5.41, 5.74) is 6.46. The van der Waals surface area contributed by atoms with E-state index in [0.29, 0.717) is 30.2 Å². The zero-order chi connectivity index (χ0) is 16.0. The van der Waals surface area contributed by atoms with Crippen molar-refractivity contribution >= 4 is 16.9 Å². The van der Waals surface area contributed by atoms with Crippen LogP contribution in [0.5, 0.6) is 0 Å². The summed E-state index contributed by atoms with van der Waals surface area (Å²) in [7, 11) is 0. The number of rotatable bonds is 2. The molecule has 1 aromatic heterocycles. The van der Waals surface area contributed by atoms with Crippen molar-refractivity contribution in [1.29, 1.82) is 0 Å². The normalized spacial score (nSPS) is 15.0. The van der Waals surface area contributed by atoms with Crippen LogP contribution in [-0.4, -0.2) is 28.7 Å². The van der Waals surface area contributed by atoms with Gasteiger partial charge in [0.25, 0.3) is 5.56 Å². The van der Waals surface area contributed by atoms with E-state index in [4.69, 9.17) is 5.73 Å². The number of anilines is 1. The van der Waals surface area contributed by atoms with Crippen LogP contribution in [0.25, 0.3) is 16.6 Å². The molecule has 0 bridgehead atoms. The van der Waals surface area contributed by atoms with Gasteiger partial charge in [0, 0.05) is 19.1 Å². The van der Waals surface area contributed by atoms with E-state index < -0.39 is 11.4 Å². The Morgan fingerprint density at radius 3 is 2.52 bits per heavy atom. The first-order chi connectivity index (χ1) is 11.1. The third-order valence-corrected chi connectivity index (χ3v) is 4.04. The molecule has 0 amide bonds. The maximum Gasteiger partial charge on any atom is 0.270 e. The zero-order valence-corrected chi connectivity index (χ0v) is 12.3. The van der Waals surface area contributed by atoms with Crippen molar-refractivity contribution in [3.63, 3.8) is 0 Å². The summed E-state index contributed by atoms with van der Waals surface area (Å²) in [4.78, 5) is 19.4. The van der Waals surface area contributed by atoms with Gasteiger partial charge in [0.05, 0.1) is 11.2 Å². The van der Waals surface area contributed by atoms with E-state index in [0.717, 1.165) is 0 Å². The number of hydrogen-bond acceptors (Lipinski definition) is 4. The van der Waals surface area contributed by atoms with Crippen LogP contribution in [0.4, 0.5) is 10.3 Å². The molecule has 0 radical (unpaired) electrons. The average molecular weight is 310 g/mol. The van der Waals surface area contributed by atoms with E-state index >= 15 is 0 Å². The van der Waals surface area contributed by atoms with Crippen LogP contribution in [0.15, 0.2) is 53.3 Å². The number of aromatic nitrogens is 2. The molecule has 0 aliphatic carbocycles. The lowest BCUT2D eigenvalue weighted by Crippen LogP contribution is -2.57. The third-order valence-electron chi connectivity index (χ3n) is 4.04. The largest absolute Gasteiger partial charge is 0.339 e. The van der Waals surface area contributed by atoms with Crippen molar-refractivity contribution in [3.8, 4) is 5.69 Å². The Morgan fingerprint density at radius 1 is 1.09 bits per heavy atom. The fourth-order valence-corrected chi connectivity index (χ4v) is 2.88. The summed E-state index contributed by atoms with van der Waals surface area (Å²) in [5.74, 6) is -0.0578. The van der Waals surface area contributed by atoms with Gasteiger partial charge in [-0.1, -0.05) is 24.3 Å². The van der Waals surface area contributed by atoms with Crippen molar-refractivity contribution < 1.29 is 4.39 Å². The van der Waals surface area contributed by atoms with Crippen LogP contribution < -0.4 is 16.2 Å². The second-order valence-corrected chi connectivity index (χ2v) is 5.69. The van der Waals surface area contributed by atoms with Crippen molar-refractivity contribution in [2.24, 2.45) is 5.73 Å². The van der Waals surface area contributed by atoms with E-state index in [9.17, 15) is 9.18 Å². The minimum Gasteiger partial charge on any atom is -0.339 e. The fraction of sp³-hybridized carbons (Fsp3) is 0.176. The van der Waals surface area contributed by atoms with E-state index in [1.165, 1.54) is 10.6 Å². The summed E-state index contributed by atoms with van der Waals surface area (Å²) >= 11 is 0. The van der Waals surface area contributed by atoms with Gasteiger partial charge >= 0.3 is 0 Å². The first kappa shape index (κ1) is 13.9. The quantitative estimate of drug-likeness (QED) is 0.782. The molecule has 2 N–H and O–H groups in total. The predicted molar refractivity (Wildman–Crippen MR) is 87.5 cm³/mol. The average Bonchev–Trinajstić information content (AvgIpc) is 2.52. The lowest BCUT2D eigenvalue weighted by Gasteiger charge is -2.38. The highest BCUT2D eigenvalue weighted by Gasteiger charge is 2.28. The minimum absolute atomic E-state index is 0.00456. The van der Waals surface area contributed by atoms with Crippen LogP contribution in [0, 0.1) is 5.82 Å². The molecule has 0 unspecified atom stereocenters. The van der Waals surface area contributed by atoms with Crippen molar-refractivity contribution in [3.05, 3.63) is 64.7 Å². The molecule has 3 aromatic rings. The van der Waals surface area contributed by atoms with Gasteiger partial charge in [-0.2, -0.15) is 0 Å². The van der Waals surface area contributed by atoms with Gasteiger partial charge in [0.2, 0.25) is 5.95 Å². The molecule has 116 valence electrons. The Kier molecular flexibility index (Phi) is 3.12. The highest BCUT2D eigenvalue weighted by atomic mass is 19.1. The predicted octanol–water partition coefficient (Wildman–Crippen LogP) is 1.67. The molecular formula is C17H15FN4O. The number of nitrogens with zero attached hydrogens (tertiary/aromatic N) is 3. The van der Waals surface area contributed by atoms with E-state index in [1.807, 2.05) is 23.1 Å². The van der Waals surface area contributed by atoms with Gasteiger partial charge < -0.3 is 10.6 Å². The monoisotopic (exact) mass is 310 g/mol. The van der Waals surface area contributed by atoms with Crippen LogP contribution >= 0.6 is 0 Å². The molecular weight excluding hydrogens is 295 g/mol. The molecule has 1 fully saturated rings. The molecule has 0 spiro atoms. The second kappa shape index (κ2) is 5.17. The number of para-hydroxylation sites is 1. The topological polar surface area (TPSA) is 64.2 Å². The molecule has 0 atom stereocenters. The maximum absolute atomic E-state index is 14.1. The first-order valence-corrected chi connectivity index (χ1v) is 7.42. The standard InChI is InChI=1S/C17H15FN4O/c18-13-7-4-8-14-15(13)16(23)22(12-5-2-1-3-6-12)17(20-14)21-9-11(19)10-21/h1-8,11H,9-10,19H2. The molecule has 2 aromatic carbocycles. The molecule has 1 aliphatic heterocycles. The minimum atomic E-state index is -0.559. The number of fused-ring (bicyclic) bond motifs is 1. The summed E-state index contributed by atoms with van der Waals surface area (Å²) in [6.07, 6.45) is 0. The number of benzene rings is 2. The smallest absolute Gasteiger partial charge is 0.270 e. The van der Waals surface area contributed by atoms with Crippen molar-refractivity contribution in [1.82, 2.24) is 9.55 Å². The molecule has 4 rings (SSSR count). The van der Waals surface area contributed by atoms with E-state index in [-0.39, 0.29) is 11.4 Å². The number of halogens is 1. The maximum atomic E-state index is 14.1. The van der Waals surface area contributed by atoms with Crippen LogP contribution in [0.3, 0.4) is 0 Å². The molecule has 1 aliphatic rings. The summed E-state index contributed by atoms with van der Waals surface area (Å²) < 4.78 is 15.6. The van der Waals surface area contributed by atoms with Gasteiger partial charge in [0.15, 0.2) is 0 Å². The highest BCUT2D eigenvalue weighted by molar-refractivity contribution is 5.80. The Bertz CT molecular complexity index is 932. The second-order valence-electron chi connectivity index (χ2n) is 5.69. The van der Waals surface area contributed by atoms with E-state index in [1.54, 1.807) is 24.3 Å². The summed E-state index contributed by atoms with van der Waals surface area (Å²) in [6, 6.07) is 13.7.